The minimum absolute atomic E-state index is 0.0799. The lowest BCUT2D eigenvalue weighted by atomic mass is 9.99. The second-order valence-electron chi connectivity index (χ2n) is 11.9. The third-order valence-electron chi connectivity index (χ3n) is 8.60. The highest BCUT2D eigenvalue weighted by atomic mass is 35.5. The van der Waals surface area contributed by atoms with Gasteiger partial charge in [0, 0.05) is 58.3 Å². The van der Waals surface area contributed by atoms with Crippen LogP contribution in [0.3, 0.4) is 0 Å². The van der Waals surface area contributed by atoms with Crippen molar-refractivity contribution in [2.45, 2.75) is 46.1 Å². The van der Waals surface area contributed by atoms with Crippen LogP contribution in [0.2, 0.25) is 5.02 Å². The highest BCUT2D eigenvalue weighted by Crippen LogP contribution is 2.39. The molecule has 4 N–H and O–H groups in total. The monoisotopic (exact) mass is 698 g/mol. The van der Waals surface area contributed by atoms with E-state index in [9.17, 15) is 9.59 Å². The molecule has 13 heteroatoms. The van der Waals surface area contributed by atoms with Crippen molar-refractivity contribution in [3.8, 4) is 16.8 Å². The van der Waals surface area contributed by atoms with E-state index in [4.69, 9.17) is 27.1 Å². The molecule has 254 valence electrons. The molecule has 6 rings (SSSR count). The smallest absolute Gasteiger partial charge is 0.224 e. The minimum Gasteiger partial charge on any atom is -0.378 e. The number of morpholine rings is 1. The van der Waals surface area contributed by atoms with Gasteiger partial charge in [-0.3, -0.25) is 19.1 Å². The number of fused-ring (bicyclic) bond motifs is 3. The maximum Gasteiger partial charge on any atom is 0.224 e. The van der Waals surface area contributed by atoms with E-state index in [0.29, 0.717) is 42.7 Å². The number of hydrogen-bond acceptors (Lipinski definition) is 9. The molecule has 2 aromatic heterocycles. The Labute approximate surface area is 294 Å². The average Bonchev–Trinajstić information content (AvgIpc) is 3.58. The van der Waals surface area contributed by atoms with Crippen LogP contribution in [-0.2, 0) is 14.3 Å². The van der Waals surface area contributed by atoms with E-state index in [1.807, 2.05) is 54.0 Å². The van der Waals surface area contributed by atoms with E-state index in [2.05, 4.69) is 51.4 Å². The number of nitrogens with two attached hydrogens (primary N) is 1. The molecule has 0 spiro atoms. The molecule has 0 radical (unpaired) electrons. The summed E-state index contributed by atoms with van der Waals surface area (Å²) in [6, 6.07) is 12.8. The molecule has 2 aromatic carbocycles. The van der Waals surface area contributed by atoms with Crippen LogP contribution < -0.4 is 21.3 Å². The number of thiophene rings is 1. The first-order chi connectivity index (χ1) is 23.7. The van der Waals surface area contributed by atoms with Crippen LogP contribution in [0.5, 0.6) is 0 Å². The van der Waals surface area contributed by atoms with Gasteiger partial charge < -0.3 is 26.0 Å². The maximum absolute atomic E-state index is 13.3. The number of aryl methyl sites for hydroxylation is 2. The summed E-state index contributed by atoms with van der Waals surface area (Å²) in [4.78, 5) is 34.7. The van der Waals surface area contributed by atoms with Crippen LogP contribution in [0.15, 0.2) is 47.5 Å². The van der Waals surface area contributed by atoms with Crippen LogP contribution in [0.4, 0.5) is 11.4 Å². The zero-order chi connectivity index (χ0) is 34.5. The Balaban J connectivity index is 1.10. The summed E-state index contributed by atoms with van der Waals surface area (Å²) in [5, 5.41) is 16.4. The predicted octanol–water partition coefficient (Wildman–Crippen LogP) is 4.87. The maximum atomic E-state index is 13.3. The minimum atomic E-state index is -0.563. The molecule has 2 aliphatic rings. The predicted molar refractivity (Wildman–Crippen MR) is 194 cm³/mol. The second-order valence-corrected chi connectivity index (χ2v) is 13.6. The second kappa shape index (κ2) is 15.3. The summed E-state index contributed by atoms with van der Waals surface area (Å²) < 4.78 is 7.51. The van der Waals surface area contributed by atoms with Crippen LogP contribution in [0.25, 0.3) is 5.00 Å². The molecular weight excluding hydrogens is 660 g/mol. The van der Waals surface area contributed by atoms with E-state index in [0.717, 1.165) is 57.6 Å². The quantitative estimate of drug-likeness (QED) is 0.167. The molecule has 0 unspecified atom stereocenters. The van der Waals surface area contributed by atoms with Gasteiger partial charge >= 0.3 is 0 Å². The summed E-state index contributed by atoms with van der Waals surface area (Å²) in [7, 11) is 0. The van der Waals surface area contributed by atoms with Gasteiger partial charge in [0.15, 0.2) is 5.82 Å². The summed E-state index contributed by atoms with van der Waals surface area (Å²) in [5.74, 6) is 7.08. The largest absolute Gasteiger partial charge is 0.378 e. The topological polar surface area (TPSA) is 140 Å². The SMILES string of the molecule is Cc1sc2c(c1C)C(c1ccc(Cl)cc1)=N[C@@H](CC(=O)NCCCC(=O)Nc1ccc(N3CCOCC3)c(C#CCN)c1)c1nnc(C)n1-2. The number of carbonyl (C=O) groups excluding carboxylic acids is 2. The number of hydrogen-bond donors (Lipinski definition) is 3. The number of ether oxygens (including phenoxy) is 1. The first-order valence-corrected chi connectivity index (χ1v) is 17.5. The third kappa shape index (κ3) is 7.71. The number of carbonyl (C=O) groups is 2. The first kappa shape index (κ1) is 34.3. The third-order valence-corrected chi connectivity index (χ3v) is 10.0. The van der Waals surface area contributed by atoms with Gasteiger partial charge in [-0.05, 0) is 63.1 Å². The number of nitrogens with zero attached hydrogens (tertiary/aromatic N) is 5. The van der Waals surface area contributed by atoms with Crippen molar-refractivity contribution in [3.05, 3.63) is 86.3 Å². The Morgan fingerprint density at radius 3 is 2.61 bits per heavy atom. The molecule has 2 amide bonds. The number of anilines is 2. The Morgan fingerprint density at radius 2 is 1.86 bits per heavy atom. The summed E-state index contributed by atoms with van der Waals surface area (Å²) in [6.45, 7) is 9.56. The molecule has 1 atom stereocenters. The van der Waals surface area contributed by atoms with Crippen LogP contribution >= 0.6 is 22.9 Å². The first-order valence-electron chi connectivity index (χ1n) is 16.3. The summed E-state index contributed by atoms with van der Waals surface area (Å²) in [6.07, 6.45) is 0.790. The Bertz CT molecular complexity index is 1950. The number of aromatic nitrogens is 3. The van der Waals surface area contributed by atoms with Crippen molar-refractivity contribution < 1.29 is 14.3 Å². The average molecular weight is 699 g/mol. The van der Waals surface area contributed by atoms with Gasteiger partial charge in [-0.15, -0.1) is 21.5 Å². The van der Waals surface area contributed by atoms with Crippen LogP contribution in [-0.4, -0.2) is 71.7 Å². The molecule has 0 aliphatic carbocycles. The van der Waals surface area contributed by atoms with Gasteiger partial charge in [-0.1, -0.05) is 35.6 Å². The number of benzene rings is 2. The van der Waals surface area contributed by atoms with Crippen molar-refractivity contribution in [3.63, 3.8) is 0 Å². The fourth-order valence-corrected chi connectivity index (χ4v) is 7.36. The number of nitrogens with one attached hydrogen (secondary N) is 2. The van der Waals surface area contributed by atoms with Gasteiger partial charge in [-0.2, -0.15) is 0 Å². The Kier molecular flexibility index (Phi) is 10.7. The molecule has 1 saturated heterocycles. The molecule has 4 aromatic rings. The van der Waals surface area contributed by atoms with Crippen LogP contribution in [0.1, 0.15) is 64.1 Å². The van der Waals surface area contributed by atoms with Crippen molar-refractivity contribution in [2.24, 2.45) is 10.7 Å². The molecule has 2 aliphatic heterocycles. The lowest BCUT2D eigenvalue weighted by Crippen LogP contribution is -2.36. The summed E-state index contributed by atoms with van der Waals surface area (Å²) in [5.41, 5.74) is 11.9. The number of amides is 2. The molecule has 1 fully saturated rings. The van der Waals surface area contributed by atoms with Crippen molar-refractivity contribution in [1.82, 2.24) is 20.1 Å². The highest BCUT2D eigenvalue weighted by Gasteiger charge is 2.32. The molecule has 11 nitrogen and oxygen atoms in total. The summed E-state index contributed by atoms with van der Waals surface area (Å²) >= 11 is 7.88. The van der Waals surface area contributed by atoms with E-state index in [1.54, 1.807) is 11.3 Å². The van der Waals surface area contributed by atoms with Gasteiger partial charge in [0.2, 0.25) is 11.8 Å². The van der Waals surface area contributed by atoms with Gasteiger partial charge in [0.1, 0.15) is 16.9 Å². The molecule has 0 saturated carbocycles. The Hall–Kier alpha value is -4.54. The highest BCUT2D eigenvalue weighted by molar-refractivity contribution is 7.15. The van der Waals surface area contributed by atoms with E-state index in [1.165, 1.54) is 4.88 Å². The number of aliphatic imine (C=N–C) groups is 1. The Morgan fingerprint density at radius 1 is 1.08 bits per heavy atom. The van der Waals surface area contributed by atoms with Gasteiger partial charge in [0.05, 0.1) is 37.6 Å². The number of halogens is 1. The fraction of sp³-hybridized carbons (Fsp3) is 0.361. The van der Waals surface area contributed by atoms with Gasteiger partial charge in [0.25, 0.3) is 0 Å². The zero-order valence-corrected chi connectivity index (χ0v) is 29.4. The van der Waals surface area contributed by atoms with E-state index >= 15 is 0 Å². The molecule has 4 heterocycles. The number of rotatable bonds is 9. The molecule has 49 heavy (non-hydrogen) atoms. The van der Waals surface area contributed by atoms with Crippen molar-refractivity contribution in [2.75, 3.05) is 49.6 Å². The van der Waals surface area contributed by atoms with Crippen LogP contribution in [0, 0.1) is 32.6 Å². The van der Waals surface area contributed by atoms with Crippen molar-refractivity contribution in [1.29, 1.82) is 0 Å². The van der Waals surface area contributed by atoms with E-state index in [-0.39, 0.29) is 31.2 Å². The van der Waals surface area contributed by atoms with E-state index < -0.39 is 6.04 Å². The zero-order valence-electron chi connectivity index (χ0n) is 27.8. The van der Waals surface area contributed by atoms with Gasteiger partial charge in [-0.25, -0.2) is 0 Å². The normalized spacial score (nSPS) is 15.3. The van der Waals surface area contributed by atoms with Crippen molar-refractivity contribution >= 4 is 51.8 Å². The standard InChI is InChI=1S/C36H39ClN8O3S/c1-22-23(2)49-36-33(22)34(25-8-10-27(37)11-9-25)41-29(35-43-42-24(3)45(35)36)21-32(47)39-15-5-7-31(46)40-28-12-13-30(26(20-28)6-4-14-38)44-16-18-48-19-17-44/h8-13,20,29H,5,7,14-19,21,38H2,1-3H3,(H,39,47)(H,40,46)/t29-/m0/s1. The fourth-order valence-electron chi connectivity index (χ4n) is 6.02. The molecule has 0 bridgehead atoms. The lowest BCUT2D eigenvalue weighted by Gasteiger charge is -2.30. The molecular formula is C36H39ClN8O3S. The lowest BCUT2D eigenvalue weighted by molar-refractivity contribution is -0.122.